The number of nitrogens with two attached hydrogens (primary N) is 1. The highest BCUT2D eigenvalue weighted by atomic mass is 16.6. The van der Waals surface area contributed by atoms with Gasteiger partial charge in [-0.3, -0.25) is 9.78 Å². The SMILES string of the molecule is Cc1cc(OC2CCCN(C(=O)OC(C)(C)C)C2)c2cc(OCc3ccccc3)c(C(N)=O)cc2n1. The van der Waals surface area contributed by atoms with Crippen LogP contribution in [-0.2, 0) is 11.3 Å². The molecule has 0 radical (unpaired) electrons. The summed E-state index contributed by atoms with van der Waals surface area (Å²) in [4.78, 5) is 31.1. The van der Waals surface area contributed by atoms with E-state index in [9.17, 15) is 9.59 Å². The number of benzene rings is 2. The Kier molecular flexibility index (Phi) is 7.33. The first-order chi connectivity index (χ1) is 17.1. The molecule has 2 amide bonds. The molecule has 8 heteroatoms. The minimum Gasteiger partial charge on any atom is -0.488 e. The highest BCUT2D eigenvalue weighted by Gasteiger charge is 2.29. The first kappa shape index (κ1) is 25.3. The highest BCUT2D eigenvalue weighted by molar-refractivity contribution is 6.01. The molecule has 4 rings (SSSR count). The number of rotatable bonds is 6. The van der Waals surface area contributed by atoms with Crippen LogP contribution in [0.15, 0.2) is 48.5 Å². The van der Waals surface area contributed by atoms with Gasteiger partial charge in [-0.1, -0.05) is 30.3 Å². The van der Waals surface area contributed by atoms with E-state index in [0.717, 1.165) is 24.1 Å². The van der Waals surface area contributed by atoms with E-state index in [0.29, 0.717) is 35.5 Å². The van der Waals surface area contributed by atoms with Crippen molar-refractivity contribution in [1.29, 1.82) is 0 Å². The Morgan fingerprint density at radius 1 is 1.11 bits per heavy atom. The number of likely N-dealkylation sites (tertiary alicyclic amines) is 1. The molecule has 1 atom stereocenters. The molecule has 1 aliphatic heterocycles. The number of primary amides is 1. The predicted molar refractivity (Wildman–Crippen MR) is 137 cm³/mol. The monoisotopic (exact) mass is 491 g/mol. The average molecular weight is 492 g/mol. The third-order valence-corrected chi connectivity index (χ3v) is 5.83. The summed E-state index contributed by atoms with van der Waals surface area (Å²) in [5.74, 6) is 0.397. The maximum absolute atomic E-state index is 12.6. The van der Waals surface area contributed by atoms with Crippen molar-refractivity contribution in [2.75, 3.05) is 13.1 Å². The normalized spacial score (nSPS) is 16.0. The van der Waals surface area contributed by atoms with Crippen molar-refractivity contribution in [2.24, 2.45) is 5.73 Å². The van der Waals surface area contributed by atoms with Crippen molar-refractivity contribution in [3.05, 3.63) is 65.4 Å². The molecule has 2 heterocycles. The first-order valence-corrected chi connectivity index (χ1v) is 12.2. The van der Waals surface area contributed by atoms with Gasteiger partial charge in [0, 0.05) is 23.7 Å². The number of carbonyl (C=O) groups excluding carboxylic acids is 2. The molecular weight excluding hydrogens is 458 g/mol. The number of hydrogen-bond acceptors (Lipinski definition) is 6. The Hall–Kier alpha value is -3.81. The third-order valence-electron chi connectivity index (χ3n) is 5.83. The summed E-state index contributed by atoms with van der Waals surface area (Å²) in [6.45, 7) is 8.77. The van der Waals surface area contributed by atoms with Crippen molar-refractivity contribution in [2.45, 2.75) is 58.8 Å². The van der Waals surface area contributed by atoms with Gasteiger partial charge in [0.1, 0.15) is 29.8 Å². The molecule has 3 aromatic rings. The van der Waals surface area contributed by atoms with Gasteiger partial charge < -0.3 is 24.8 Å². The maximum Gasteiger partial charge on any atom is 0.410 e. The molecule has 36 heavy (non-hydrogen) atoms. The van der Waals surface area contributed by atoms with E-state index in [-0.39, 0.29) is 24.4 Å². The molecule has 0 saturated carbocycles. The van der Waals surface area contributed by atoms with Gasteiger partial charge in [0.05, 0.1) is 17.6 Å². The number of fused-ring (bicyclic) bond motifs is 1. The molecule has 2 N–H and O–H groups in total. The zero-order valence-electron chi connectivity index (χ0n) is 21.2. The van der Waals surface area contributed by atoms with Crippen molar-refractivity contribution in [1.82, 2.24) is 9.88 Å². The lowest BCUT2D eigenvalue weighted by Gasteiger charge is -2.34. The lowest BCUT2D eigenvalue weighted by molar-refractivity contribution is 0.00792. The quantitative estimate of drug-likeness (QED) is 0.520. The molecule has 1 aliphatic rings. The first-order valence-electron chi connectivity index (χ1n) is 12.2. The van der Waals surface area contributed by atoms with E-state index in [1.807, 2.05) is 64.1 Å². The highest BCUT2D eigenvalue weighted by Crippen LogP contribution is 2.34. The van der Waals surface area contributed by atoms with Crippen LogP contribution in [0, 0.1) is 6.92 Å². The van der Waals surface area contributed by atoms with E-state index >= 15 is 0 Å². The number of amides is 2. The fraction of sp³-hybridized carbons (Fsp3) is 0.393. The van der Waals surface area contributed by atoms with Crippen molar-refractivity contribution in [3.8, 4) is 11.5 Å². The number of aromatic nitrogens is 1. The van der Waals surface area contributed by atoms with Crippen LogP contribution in [0.25, 0.3) is 10.9 Å². The van der Waals surface area contributed by atoms with Gasteiger partial charge >= 0.3 is 6.09 Å². The van der Waals surface area contributed by atoms with Gasteiger partial charge in [-0.2, -0.15) is 0 Å². The maximum atomic E-state index is 12.6. The second-order valence-corrected chi connectivity index (χ2v) is 10.1. The smallest absolute Gasteiger partial charge is 0.410 e. The van der Waals surface area contributed by atoms with Crippen LogP contribution in [0.2, 0.25) is 0 Å². The van der Waals surface area contributed by atoms with Crippen LogP contribution in [-0.4, -0.2) is 46.7 Å². The van der Waals surface area contributed by atoms with Gasteiger partial charge in [-0.05, 0) is 58.2 Å². The zero-order chi connectivity index (χ0) is 25.9. The second-order valence-electron chi connectivity index (χ2n) is 10.1. The summed E-state index contributed by atoms with van der Waals surface area (Å²) < 4.78 is 18.0. The summed E-state index contributed by atoms with van der Waals surface area (Å²) in [5.41, 5.74) is 7.66. The largest absolute Gasteiger partial charge is 0.488 e. The predicted octanol–water partition coefficient (Wildman–Crippen LogP) is 5.00. The Morgan fingerprint density at radius 2 is 1.86 bits per heavy atom. The average Bonchev–Trinajstić information content (AvgIpc) is 2.82. The van der Waals surface area contributed by atoms with E-state index < -0.39 is 11.5 Å². The second kappa shape index (κ2) is 10.4. The molecule has 1 saturated heterocycles. The van der Waals surface area contributed by atoms with Gasteiger partial charge in [0.15, 0.2) is 0 Å². The molecule has 1 unspecified atom stereocenters. The Labute approximate surface area is 211 Å². The summed E-state index contributed by atoms with van der Waals surface area (Å²) in [5, 5.41) is 0.711. The number of nitrogens with zero attached hydrogens (tertiary/aromatic N) is 2. The Morgan fingerprint density at radius 3 is 2.56 bits per heavy atom. The van der Waals surface area contributed by atoms with Crippen LogP contribution >= 0.6 is 0 Å². The van der Waals surface area contributed by atoms with Gasteiger partial charge in [0.25, 0.3) is 5.91 Å². The molecular formula is C28H33N3O5. The lowest BCUT2D eigenvalue weighted by atomic mass is 10.1. The number of aryl methyl sites for hydroxylation is 1. The van der Waals surface area contributed by atoms with Crippen LogP contribution in [0.5, 0.6) is 11.5 Å². The molecule has 0 aliphatic carbocycles. The molecule has 2 aromatic carbocycles. The third kappa shape index (κ3) is 6.24. The van der Waals surface area contributed by atoms with Crippen molar-refractivity contribution in [3.63, 3.8) is 0 Å². The van der Waals surface area contributed by atoms with E-state index in [1.54, 1.807) is 17.0 Å². The van der Waals surface area contributed by atoms with Crippen LogP contribution in [0.3, 0.4) is 0 Å². The minimum absolute atomic E-state index is 0.208. The minimum atomic E-state index is -0.592. The van der Waals surface area contributed by atoms with E-state index in [4.69, 9.17) is 19.9 Å². The topological polar surface area (TPSA) is 104 Å². The lowest BCUT2D eigenvalue weighted by Crippen LogP contribution is -2.46. The van der Waals surface area contributed by atoms with E-state index in [1.165, 1.54) is 0 Å². The fourth-order valence-electron chi connectivity index (χ4n) is 4.20. The Balaban J connectivity index is 1.61. The summed E-state index contributed by atoms with van der Waals surface area (Å²) in [6, 6.07) is 14.9. The summed E-state index contributed by atoms with van der Waals surface area (Å²) in [6.07, 6.45) is 1.07. The Bertz CT molecular complexity index is 1250. The molecule has 0 spiro atoms. The van der Waals surface area contributed by atoms with Gasteiger partial charge in [0.2, 0.25) is 0 Å². The summed E-state index contributed by atoms with van der Waals surface area (Å²) in [7, 11) is 0. The zero-order valence-corrected chi connectivity index (χ0v) is 21.2. The standard InChI is InChI=1S/C28H33N3O5/c1-18-13-25(35-20-11-8-12-31(16-20)27(33)36-28(2,3)4)21-15-24(22(26(29)32)14-23(21)30-18)34-17-19-9-6-5-7-10-19/h5-7,9-10,13-15,20H,8,11-12,16-17H2,1-4H3,(H2,29,32). The number of hydrogen-bond donors (Lipinski definition) is 1. The summed E-state index contributed by atoms with van der Waals surface area (Å²) >= 11 is 0. The number of pyridine rings is 1. The van der Waals surface area contributed by atoms with Gasteiger partial charge in [-0.25, -0.2) is 4.79 Å². The van der Waals surface area contributed by atoms with Crippen LogP contribution < -0.4 is 15.2 Å². The molecule has 1 aromatic heterocycles. The molecule has 0 bridgehead atoms. The number of carbonyl (C=O) groups is 2. The van der Waals surface area contributed by atoms with Crippen LogP contribution in [0.1, 0.15) is 55.2 Å². The van der Waals surface area contributed by atoms with Gasteiger partial charge in [-0.15, -0.1) is 0 Å². The van der Waals surface area contributed by atoms with Crippen LogP contribution in [0.4, 0.5) is 4.79 Å². The van der Waals surface area contributed by atoms with E-state index in [2.05, 4.69) is 4.98 Å². The molecule has 1 fully saturated rings. The van der Waals surface area contributed by atoms with Crippen molar-refractivity contribution < 1.29 is 23.8 Å². The molecule has 8 nitrogen and oxygen atoms in total. The molecule has 190 valence electrons. The number of ether oxygens (including phenoxy) is 3. The van der Waals surface area contributed by atoms with Crippen molar-refractivity contribution >= 4 is 22.9 Å². The number of piperidine rings is 1. The fourth-order valence-corrected chi connectivity index (χ4v) is 4.20.